The summed E-state index contributed by atoms with van der Waals surface area (Å²) in [6, 6.07) is 1.75. The summed E-state index contributed by atoms with van der Waals surface area (Å²) in [6.45, 7) is 1.77. The van der Waals surface area contributed by atoms with Crippen LogP contribution < -0.4 is 0 Å². The number of methoxy groups -OCH3 is 1. The van der Waals surface area contributed by atoms with Crippen molar-refractivity contribution in [3.8, 4) is 10.7 Å². The largest absolute Gasteiger partial charge is 0.465 e. The molecule has 0 bridgehead atoms. The number of aryl methyl sites for hydroxylation is 1. The lowest BCUT2D eigenvalue weighted by Gasteiger charge is -1.93. The number of thiazole rings is 1. The van der Waals surface area contributed by atoms with E-state index in [0.717, 1.165) is 0 Å². The van der Waals surface area contributed by atoms with Crippen molar-refractivity contribution in [3.63, 3.8) is 0 Å². The fourth-order valence-electron chi connectivity index (χ4n) is 1.21. The number of hydrogen-bond donors (Lipinski definition) is 0. The molecule has 0 saturated carbocycles. The first-order valence-corrected chi connectivity index (χ1v) is 5.36. The Labute approximate surface area is 96.2 Å². The third-order valence-electron chi connectivity index (χ3n) is 1.97. The van der Waals surface area contributed by atoms with Crippen LogP contribution in [-0.4, -0.2) is 28.0 Å². The smallest absolute Gasteiger partial charge is 0.349 e. The number of rotatable bonds is 2. The third kappa shape index (κ3) is 1.92. The molecule has 82 valence electrons. The maximum Gasteiger partial charge on any atom is 0.349 e. The first-order chi connectivity index (χ1) is 7.72. The second-order valence-corrected chi connectivity index (χ2v) is 4.02. The second kappa shape index (κ2) is 4.36. The van der Waals surface area contributed by atoms with E-state index >= 15 is 0 Å². The van der Waals surface area contributed by atoms with Gasteiger partial charge in [0.25, 0.3) is 0 Å². The molecule has 0 radical (unpaired) electrons. The molecule has 0 aliphatic carbocycles. The first-order valence-electron chi connectivity index (χ1n) is 4.54. The summed E-state index contributed by atoms with van der Waals surface area (Å²) < 4.78 is 4.67. The summed E-state index contributed by atoms with van der Waals surface area (Å²) in [4.78, 5) is 24.1. The quantitative estimate of drug-likeness (QED) is 0.741. The van der Waals surface area contributed by atoms with Crippen molar-refractivity contribution in [1.29, 1.82) is 0 Å². The van der Waals surface area contributed by atoms with Crippen LogP contribution in [0, 0.1) is 6.92 Å². The van der Waals surface area contributed by atoms with Gasteiger partial charge < -0.3 is 4.74 Å². The number of esters is 1. The van der Waals surface area contributed by atoms with Crippen molar-refractivity contribution in [3.05, 3.63) is 29.2 Å². The molecule has 2 aromatic rings. The molecule has 0 spiro atoms. The van der Waals surface area contributed by atoms with Gasteiger partial charge in [0.1, 0.15) is 21.9 Å². The Balaban J connectivity index is 2.42. The molecule has 6 heteroatoms. The van der Waals surface area contributed by atoms with E-state index in [1.165, 1.54) is 24.8 Å². The van der Waals surface area contributed by atoms with E-state index in [2.05, 4.69) is 19.7 Å². The topological polar surface area (TPSA) is 65.0 Å². The van der Waals surface area contributed by atoms with Crippen molar-refractivity contribution in [2.75, 3.05) is 7.11 Å². The molecular weight excluding hydrogens is 226 g/mol. The van der Waals surface area contributed by atoms with Crippen molar-refractivity contribution in [1.82, 2.24) is 15.0 Å². The van der Waals surface area contributed by atoms with Crippen LogP contribution in [0.5, 0.6) is 0 Å². The lowest BCUT2D eigenvalue weighted by molar-refractivity contribution is 0.0605. The molecule has 5 nitrogen and oxygen atoms in total. The standard InChI is InChI=1S/C10H9N3O2S/c1-6-8(10(14)15-2)16-9(13-6)7-3-4-11-5-12-7/h3-5H,1-2H3. The normalized spacial score (nSPS) is 10.1. The Morgan fingerprint density at radius 1 is 1.50 bits per heavy atom. The molecule has 0 saturated heterocycles. The van der Waals surface area contributed by atoms with Crippen molar-refractivity contribution >= 4 is 17.3 Å². The fourth-order valence-corrected chi connectivity index (χ4v) is 2.17. The Morgan fingerprint density at radius 3 is 2.94 bits per heavy atom. The summed E-state index contributed by atoms with van der Waals surface area (Å²) in [5.41, 5.74) is 1.36. The molecule has 0 fully saturated rings. The van der Waals surface area contributed by atoms with E-state index in [1.54, 1.807) is 19.2 Å². The van der Waals surface area contributed by atoms with Gasteiger partial charge in [-0.05, 0) is 13.0 Å². The maximum absolute atomic E-state index is 11.4. The molecule has 2 heterocycles. The summed E-state index contributed by atoms with van der Waals surface area (Å²) in [5.74, 6) is -0.365. The van der Waals surface area contributed by atoms with Gasteiger partial charge in [-0.3, -0.25) is 0 Å². The highest BCUT2D eigenvalue weighted by atomic mass is 32.1. The zero-order valence-corrected chi connectivity index (χ0v) is 9.61. The monoisotopic (exact) mass is 235 g/mol. The van der Waals surface area contributed by atoms with Gasteiger partial charge in [0.05, 0.1) is 12.8 Å². The van der Waals surface area contributed by atoms with Gasteiger partial charge >= 0.3 is 5.97 Å². The Morgan fingerprint density at radius 2 is 2.31 bits per heavy atom. The second-order valence-electron chi connectivity index (χ2n) is 3.02. The molecule has 0 amide bonds. The highest BCUT2D eigenvalue weighted by molar-refractivity contribution is 7.17. The predicted octanol–water partition coefficient (Wildman–Crippen LogP) is 1.70. The maximum atomic E-state index is 11.4. The number of carbonyl (C=O) groups excluding carboxylic acids is 1. The van der Waals surface area contributed by atoms with E-state index < -0.39 is 0 Å². The Bertz CT molecular complexity index is 510. The van der Waals surface area contributed by atoms with Crippen LogP contribution >= 0.6 is 11.3 Å². The van der Waals surface area contributed by atoms with Crippen LogP contribution in [0.2, 0.25) is 0 Å². The number of hydrogen-bond acceptors (Lipinski definition) is 6. The Kier molecular flexibility index (Phi) is 2.91. The van der Waals surface area contributed by atoms with Gasteiger partial charge in [-0.2, -0.15) is 0 Å². The van der Waals surface area contributed by atoms with Gasteiger partial charge in [-0.15, -0.1) is 11.3 Å². The van der Waals surface area contributed by atoms with E-state index in [4.69, 9.17) is 0 Å². The van der Waals surface area contributed by atoms with Gasteiger partial charge in [-0.25, -0.2) is 19.7 Å². The lowest BCUT2D eigenvalue weighted by atomic mass is 10.4. The molecule has 0 aliphatic heterocycles. The number of nitrogens with zero attached hydrogens (tertiary/aromatic N) is 3. The Hall–Kier alpha value is -1.82. The summed E-state index contributed by atoms with van der Waals surface area (Å²) in [6.07, 6.45) is 3.08. The van der Waals surface area contributed by atoms with E-state index in [-0.39, 0.29) is 5.97 Å². The number of carbonyl (C=O) groups is 1. The summed E-state index contributed by atoms with van der Waals surface area (Å²) in [5, 5.41) is 0.695. The summed E-state index contributed by atoms with van der Waals surface area (Å²) in [7, 11) is 1.35. The molecule has 0 N–H and O–H groups in total. The van der Waals surface area contributed by atoms with E-state index in [9.17, 15) is 4.79 Å². The van der Waals surface area contributed by atoms with Gasteiger partial charge in [0.15, 0.2) is 0 Å². The van der Waals surface area contributed by atoms with Crippen molar-refractivity contribution in [2.45, 2.75) is 6.92 Å². The average Bonchev–Trinajstić information content (AvgIpc) is 2.71. The van der Waals surface area contributed by atoms with Crippen LogP contribution in [0.4, 0.5) is 0 Å². The minimum absolute atomic E-state index is 0.365. The van der Waals surface area contributed by atoms with Crippen molar-refractivity contribution < 1.29 is 9.53 Å². The van der Waals surface area contributed by atoms with Gasteiger partial charge in [-0.1, -0.05) is 0 Å². The molecule has 0 unspecified atom stereocenters. The zero-order valence-electron chi connectivity index (χ0n) is 8.80. The average molecular weight is 235 g/mol. The third-order valence-corrected chi connectivity index (χ3v) is 3.13. The molecule has 16 heavy (non-hydrogen) atoms. The SMILES string of the molecule is COC(=O)c1sc(-c2ccncn2)nc1C. The van der Waals surface area contributed by atoms with E-state index in [1.807, 2.05) is 0 Å². The van der Waals surface area contributed by atoms with Crippen LogP contribution in [-0.2, 0) is 4.74 Å². The minimum Gasteiger partial charge on any atom is -0.465 e. The van der Waals surface area contributed by atoms with Crippen LogP contribution in [0.3, 0.4) is 0 Å². The van der Waals surface area contributed by atoms with Crippen LogP contribution in [0.25, 0.3) is 10.7 Å². The molecule has 2 rings (SSSR count). The van der Waals surface area contributed by atoms with Gasteiger partial charge in [0, 0.05) is 6.20 Å². The van der Waals surface area contributed by atoms with Crippen LogP contribution in [0.15, 0.2) is 18.6 Å². The molecular formula is C10H9N3O2S. The zero-order chi connectivity index (χ0) is 11.5. The molecule has 2 aromatic heterocycles. The predicted molar refractivity (Wildman–Crippen MR) is 59.2 cm³/mol. The molecule has 0 aliphatic rings. The fraction of sp³-hybridized carbons (Fsp3) is 0.200. The minimum atomic E-state index is -0.365. The number of ether oxygens (including phenoxy) is 1. The van der Waals surface area contributed by atoms with Gasteiger partial charge in [0.2, 0.25) is 0 Å². The highest BCUT2D eigenvalue weighted by Crippen LogP contribution is 2.26. The molecule has 0 atom stereocenters. The molecule has 0 aromatic carbocycles. The summed E-state index contributed by atoms with van der Waals surface area (Å²) >= 11 is 1.27. The number of aromatic nitrogens is 3. The first kappa shape index (κ1) is 10.7. The van der Waals surface area contributed by atoms with Crippen LogP contribution in [0.1, 0.15) is 15.4 Å². The van der Waals surface area contributed by atoms with E-state index in [0.29, 0.717) is 21.3 Å². The lowest BCUT2D eigenvalue weighted by Crippen LogP contribution is -1.99. The highest BCUT2D eigenvalue weighted by Gasteiger charge is 2.16. The van der Waals surface area contributed by atoms with Crippen molar-refractivity contribution in [2.24, 2.45) is 0 Å².